The fraction of sp³-hybridized carbons (Fsp3) is 0.533. The van der Waals surface area contributed by atoms with Gasteiger partial charge < -0.3 is 5.73 Å². The molecule has 1 aliphatic heterocycles. The number of piperidine rings is 1. The second-order valence-electron chi connectivity index (χ2n) is 5.20. The normalized spacial score (nSPS) is 22.4. The van der Waals surface area contributed by atoms with Gasteiger partial charge in [0.05, 0.1) is 11.6 Å². The SMILES string of the molecule is CC(N)C1CCCCN1Cc1cccc(C#N)c1. The summed E-state index contributed by atoms with van der Waals surface area (Å²) in [5.74, 6) is 0. The first-order valence-corrected chi connectivity index (χ1v) is 6.69. The molecule has 1 aromatic carbocycles. The molecule has 1 aliphatic rings. The molecule has 2 atom stereocenters. The van der Waals surface area contributed by atoms with Gasteiger partial charge in [-0.05, 0) is 44.0 Å². The summed E-state index contributed by atoms with van der Waals surface area (Å²) in [5.41, 5.74) is 8.02. The second kappa shape index (κ2) is 5.99. The highest BCUT2D eigenvalue weighted by Crippen LogP contribution is 2.21. The van der Waals surface area contributed by atoms with Crippen LogP contribution in [0.15, 0.2) is 24.3 Å². The Hall–Kier alpha value is -1.37. The molecule has 1 heterocycles. The fourth-order valence-electron chi connectivity index (χ4n) is 2.78. The van der Waals surface area contributed by atoms with Gasteiger partial charge in [-0.2, -0.15) is 5.26 Å². The number of nitriles is 1. The molecule has 0 bridgehead atoms. The van der Waals surface area contributed by atoms with Crippen LogP contribution in [0.25, 0.3) is 0 Å². The van der Waals surface area contributed by atoms with Crippen LogP contribution in [0.1, 0.15) is 37.3 Å². The maximum Gasteiger partial charge on any atom is 0.0991 e. The number of benzene rings is 1. The predicted molar refractivity (Wildman–Crippen MR) is 72.9 cm³/mol. The Morgan fingerprint density at radius 1 is 1.50 bits per heavy atom. The van der Waals surface area contributed by atoms with Crippen LogP contribution in [0.3, 0.4) is 0 Å². The lowest BCUT2D eigenvalue weighted by molar-refractivity contribution is 0.123. The van der Waals surface area contributed by atoms with Crippen LogP contribution in [0.2, 0.25) is 0 Å². The molecule has 18 heavy (non-hydrogen) atoms. The minimum absolute atomic E-state index is 0.212. The van der Waals surface area contributed by atoms with Gasteiger partial charge >= 0.3 is 0 Å². The maximum absolute atomic E-state index is 8.92. The highest BCUT2D eigenvalue weighted by atomic mass is 15.2. The quantitative estimate of drug-likeness (QED) is 0.886. The Morgan fingerprint density at radius 3 is 3.06 bits per heavy atom. The molecule has 0 spiro atoms. The van der Waals surface area contributed by atoms with E-state index in [1.807, 2.05) is 18.2 Å². The van der Waals surface area contributed by atoms with E-state index in [2.05, 4.69) is 24.0 Å². The number of nitrogens with two attached hydrogens (primary N) is 1. The smallest absolute Gasteiger partial charge is 0.0991 e. The summed E-state index contributed by atoms with van der Waals surface area (Å²) in [6.07, 6.45) is 3.72. The third-order valence-corrected chi connectivity index (χ3v) is 3.71. The Labute approximate surface area is 109 Å². The third kappa shape index (κ3) is 3.10. The van der Waals surface area contributed by atoms with Crippen LogP contribution in [-0.4, -0.2) is 23.5 Å². The first-order valence-electron chi connectivity index (χ1n) is 6.69. The lowest BCUT2D eigenvalue weighted by atomic mass is 9.96. The van der Waals surface area contributed by atoms with E-state index in [9.17, 15) is 0 Å². The summed E-state index contributed by atoms with van der Waals surface area (Å²) >= 11 is 0. The predicted octanol–water partition coefficient (Wildman–Crippen LogP) is 2.26. The van der Waals surface area contributed by atoms with E-state index in [1.165, 1.54) is 24.8 Å². The van der Waals surface area contributed by atoms with Crippen molar-refractivity contribution in [1.82, 2.24) is 4.90 Å². The Bertz CT molecular complexity index is 434. The molecule has 1 fully saturated rings. The van der Waals surface area contributed by atoms with Crippen LogP contribution in [0.5, 0.6) is 0 Å². The number of rotatable bonds is 3. The fourth-order valence-corrected chi connectivity index (χ4v) is 2.78. The molecular formula is C15H21N3. The molecule has 0 aromatic heterocycles. The summed E-state index contributed by atoms with van der Waals surface area (Å²) in [5, 5.41) is 8.92. The Kier molecular flexibility index (Phi) is 4.35. The molecule has 2 unspecified atom stereocenters. The van der Waals surface area contributed by atoms with E-state index in [0.717, 1.165) is 18.7 Å². The Balaban J connectivity index is 2.08. The zero-order valence-electron chi connectivity index (χ0n) is 11.0. The molecule has 1 saturated heterocycles. The van der Waals surface area contributed by atoms with Crippen molar-refractivity contribution in [2.24, 2.45) is 5.73 Å². The molecule has 0 aliphatic carbocycles. The van der Waals surface area contributed by atoms with E-state index in [0.29, 0.717) is 6.04 Å². The molecule has 96 valence electrons. The highest BCUT2D eigenvalue weighted by Gasteiger charge is 2.25. The topological polar surface area (TPSA) is 53.0 Å². The van der Waals surface area contributed by atoms with Gasteiger partial charge in [0.2, 0.25) is 0 Å². The first-order chi connectivity index (χ1) is 8.70. The van der Waals surface area contributed by atoms with Gasteiger partial charge in [-0.15, -0.1) is 0 Å². The molecule has 0 saturated carbocycles. The van der Waals surface area contributed by atoms with Gasteiger partial charge in [0.15, 0.2) is 0 Å². The summed E-state index contributed by atoms with van der Waals surface area (Å²) in [7, 11) is 0. The van der Waals surface area contributed by atoms with Crippen molar-refractivity contribution in [1.29, 1.82) is 5.26 Å². The first kappa shape index (κ1) is 13.1. The molecule has 0 amide bonds. The van der Waals surface area contributed by atoms with Gasteiger partial charge in [0.25, 0.3) is 0 Å². The largest absolute Gasteiger partial charge is 0.327 e. The summed E-state index contributed by atoms with van der Waals surface area (Å²) in [6, 6.07) is 10.8. The monoisotopic (exact) mass is 243 g/mol. The van der Waals surface area contributed by atoms with Crippen molar-refractivity contribution >= 4 is 0 Å². The summed E-state index contributed by atoms with van der Waals surface area (Å²) < 4.78 is 0. The van der Waals surface area contributed by atoms with E-state index in [1.54, 1.807) is 0 Å². The molecule has 3 nitrogen and oxygen atoms in total. The molecule has 2 N–H and O–H groups in total. The highest BCUT2D eigenvalue weighted by molar-refractivity contribution is 5.32. The number of hydrogen-bond acceptors (Lipinski definition) is 3. The lowest BCUT2D eigenvalue weighted by Crippen LogP contribution is -2.48. The maximum atomic E-state index is 8.92. The van der Waals surface area contributed by atoms with E-state index in [-0.39, 0.29) is 6.04 Å². The van der Waals surface area contributed by atoms with Crippen LogP contribution in [0, 0.1) is 11.3 Å². The molecule has 2 rings (SSSR count). The average molecular weight is 243 g/mol. The Morgan fingerprint density at radius 2 is 2.33 bits per heavy atom. The van der Waals surface area contributed by atoms with E-state index in [4.69, 9.17) is 11.0 Å². The summed E-state index contributed by atoms with van der Waals surface area (Å²) in [4.78, 5) is 2.46. The third-order valence-electron chi connectivity index (χ3n) is 3.71. The minimum Gasteiger partial charge on any atom is -0.327 e. The van der Waals surface area contributed by atoms with Crippen molar-refractivity contribution in [2.45, 2.75) is 44.8 Å². The van der Waals surface area contributed by atoms with Crippen molar-refractivity contribution < 1.29 is 0 Å². The van der Waals surface area contributed by atoms with Gasteiger partial charge in [-0.25, -0.2) is 0 Å². The standard InChI is InChI=1S/C15H21N3/c1-12(17)15-7-2-3-8-18(15)11-14-6-4-5-13(9-14)10-16/h4-6,9,12,15H,2-3,7-8,11,17H2,1H3. The minimum atomic E-state index is 0.212. The lowest BCUT2D eigenvalue weighted by Gasteiger charge is -2.38. The zero-order chi connectivity index (χ0) is 13.0. The summed E-state index contributed by atoms with van der Waals surface area (Å²) in [6.45, 7) is 4.11. The van der Waals surface area contributed by atoms with Gasteiger partial charge in [-0.1, -0.05) is 18.6 Å². The van der Waals surface area contributed by atoms with Crippen molar-refractivity contribution in [3.05, 3.63) is 35.4 Å². The van der Waals surface area contributed by atoms with Crippen molar-refractivity contribution in [3.8, 4) is 6.07 Å². The van der Waals surface area contributed by atoms with Crippen LogP contribution >= 0.6 is 0 Å². The van der Waals surface area contributed by atoms with Crippen LogP contribution in [-0.2, 0) is 6.54 Å². The number of hydrogen-bond donors (Lipinski definition) is 1. The van der Waals surface area contributed by atoms with Gasteiger partial charge in [0.1, 0.15) is 0 Å². The van der Waals surface area contributed by atoms with Gasteiger partial charge in [0, 0.05) is 18.6 Å². The average Bonchev–Trinajstić information content (AvgIpc) is 2.39. The molecule has 0 radical (unpaired) electrons. The number of likely N-dealkylation sites (tertiary alicyclic amines) is 1. The van der Waals surface area contributed by atoms with E-state index >= 15 is 0 Å². The second-order valence-corrected chi connectivity index (χ2v) is 5.20. The van der Waals surface area contributed by atoms with Crippen LogP contribution in [0.4, 0.5) is 0 Å². The van der Waals surface area contributed by atoms with Crippen LogP contribution < -0.4 is 5.73 Å². The van der Waals surface area contributed by atoms with Gasteiger partial charge in [-0.3, -0.25) is 4.90 Å². The zero-order valence-corrected chi connectivity index (χ0v) is 11.0. The van der Waals surface area contributed by atoms with E-state index < -0.39 is 0 Å². The molecule has 3 heteroatoms. The van der Waals surface area contributed by atoms with Crippen molar-refractivity contribution in [3.63, 3.8) is 0 Å². The number of nitrogens with zero attached hydrogens (tertiary/aromatic N) is 2. The van der Waals surface area contributed by atoms with Crippen molar-refractivity contribution in [2.75, 3.05) is 6.54 Å². The molecular weight excluding hydrogens is 222 g/mol. The molecule has 1 aromatic rings.